The lowest BCUT2D eigenvalue weighted by molar-refractivity contribution is -0.0959. The van der Waals surface area contributed by atoms with E-state index < -0.39 is 26.8 Å². The van der Waals surface area contributed by atoms with E-state index in [-0.39, 0.29) is 22.7 Å². The summed E-state index contributed by atoms with van der Waals surface area (Å²) in [6, 6.07) is 11.7. The Bertz CT molecular complexity index is 1840. The van der Waals surface area contributed by atoms with Gasteiger partial charge in [0.25, 0.3) is 5.91 Å². The first-order valence-corrected chi connectivity index (χ1v) is 22.1. The van der Waals surface area contributed by atoms with Crippen molar-refractivity contribution in [3.63, 3.8) is 0 Å². The lowest BCUT2D eigenvalue weighted by Gasteiger charge is -2.52. The quantitative estimate of drug-likeness (QED) is 0.335. The number of hydrogen-bond acceptors (Lipinski definition) is 8. The van der Waals surface area contributed by atoms with E-state index in [0.29, 0.717) is 24.5 Å². The van der Waals surface area contributed by atoms with E-state index in [1.807, 2.05) is 32.2 Å². The van der Waals surface area contributed by atoms with Gasteiger partial charge in [-0.15, -0.1) is 0 Å². The number of fused-ring (bicyclic) bond motifs is 4. The number of benzene rings is 2. The van der Waals surface area contributed by atoms with Crippen molar-refractivity contribution < 1.29 is 22.7 Å². The van der Waals surface area contributed by atoms with Crippen LogP contribution in [-0.4, -0.2) is 101 Å². The number of rotatable bonds is 4. The number of allylic oxidation sites excluding steroid dienone is 1. The van der Waals surface area contributed by atoms with Crippen molar-refractivity contribution in [3.05, 3.63) is 70.3 Å². The van der Waals surface area contributed by atoms with Crippen LogP contribution in [-0.2, 0) is 26.6 Å². The molecule has 1 saturated heterocycles. The summed E-state index contributed by atoms with van der Waals surface area (Å²) in [4.78, 5) is 21.3. The molecule has 0 aromatic heterocycles. The average Bonchev–Trinajstić information content (AvgIpc) is 3.25. The largest absolute Gasteiger partial charge is 0.490 e. The third kappa shape index (κ3) is 8.11. The molecule has 3 aliphatic heterocycles. The Morgan fingerprint density at radius 2 is 1.80 bits per heavy atom. The highest BCUT2D eigenvalue weighted by molar-refractivity contribution is 7.90. The van der Waals surface area contributed by atoms with Crippen LogP contribution >= 0.6 is 11.6 Å². The zero-order chi connectivity index (χ0) is 38.5. The molecule has 54 heavy (non-hydrogen) atoms. The van der Waals surface area contributed by atoms with Crippen molar-refractivity contribution in [2.75, 3.05) is 71.0 Å². The summed E-state index contributed by atoms with van der Waals surface area (Å²) in [7, 11) is -2.09. The summed E-state index contributed by atoms with van der Waals surface area (Å²) >= 11 is 6.51. The van der Waals surface area contributed by atoms with Gasteiger partial charge in [-0.2, -0.15) is 0 Å². The first-order chi connectivity index (χ1) is 25.6. The van der Waals surface area contributed by atoms with E-state index in [2.05, 4.69) is 64.5 Å². The Balaban J connectivity index is 1.26. The normalized spacial score (nSPS) is 32.7. The van der Waals surface area contributed by atoms with Gasteiger partial charge in [0.2, 0.25) is 10.0 Å². The smallest absolute Gasteiger partial charge is 0.264 e. The molecule has 1 saturated carbocycles. The van der Waals surface area contributed by atoms with Crippen molar-refractivity contribution >= 4 is 33.2 Å². The monoisotopic (exact) mass is 780 g/mol. The minimum atomic E-state index is -3.95. The third-order valence-electron chi connectivity index (χ3n) is 13.2. The Morgan fingerprint density at radius 3 is 2.50 bits per heavy atom. The average molecular weight is 782 g/mol. The van der Waals surface area contributed by atoms with Gasteiger partial charge in [0, 0.05) is 75.5 Å². The number of amides is 1. The zero-order valence-electron chi connectivity index (χ0n) is 33.2. The number of sulfonamides is 1. The second-order valence-electron chi connectivity index (χ2n) is 18.3. The Hall–Kier alpha value is -2.63. The van der Waals surface area contributed by atoms with Crippen LogP contribution in [0.2, 0.25) is 5.02 Å². The number of hydrogen-bond donors (Lipinski definition) is 1. The molecule has 2 aromatic carbocycles. The molecule has 2 aromatic rings. The molecule has 2 bridgehead atoms. The van der Waals surface area contributed by atoms with Gasteiger partial charge in [0.05, 0.1) is 17.5 Å². The Labute approximate surface area is 328 Å². The van der Waals surface area contributed by atoms with Gasteiger partial charge in [-0.3, -0.25) is 9.69 Å². The molecule has 1 N–H and O–H groups in total. The van der Waals surface area contributed by atoms with Gasteiger partial charge in [-0.05, 0) is 110 Å². The zero-order valence-corrected chi connectivity index (χ0v) is 34.8. The highest BCUT2D eigenvalue weighted by Crippen LogP contribution is 2.49. The van der Waals surface area contributed by atoms with Crippen LogP contribution in [0.3, 0.4) is 0 Å². The predicted molar refractivity (Wildman–Crippen MR) is 217 cm³/mol. The molecule has 3 heterocycles. The summed E-state index contributed by atoms with van der Waals surface area (Å²) in [6.45, 7) is 18.5. The van der Waals surface area contributed by atoms with Crippen molar-refractivity contribution in [3.8, 4) is 5.75 Å². The van der Waals surface area contributed by atoms with Crippen molar-refractivity contribution in [2.45, 2.75) is 89.4 Å². The van der Waals surface area contributed by atoms with Crippen LogP contribution in [0.25, 0.3) is 0 Å². The number of anilines is 1. The second kappa shape index (κ2) is 15.4. The van der Waals surface area contributed by atoms with Crippen LogP contribution in [0.1, 0.15) is 88.2 Å². The number of aryl methyl sites for hydroxylation is 1. The van der Waals surface area contributed by atoms with E-state index in [1.165, 1.54) is 11.1 Å². The number of carbonyl (C=O) groups is 1. The number of nitrogens with one attached hydrogen (secondary N) is 1. The summed E-state index contributed by atoms with van der Waals surface area (Å²) < 4.78 is 43.1. The molecule has 0 radical (unpaired) electrons. The number of halogens is 1. The molecule has 1 spiro atoms. The molecule has 296 valence electrons. The molecule has 1 amide bonds. The lowest BCUT2D eigenvalue weighted by Crippen LogP contribution is -2.59. The highest BCUT2D eigenvalue weighted by atomic mass is 35.5. The maximum Gasteiger partial charge on any atom is 0.264 e. The SMILES string of the molecule is CO[C@]1(CN2CCN(CC(C)(C)C)CC2)/C=C/C[C@H](C)[C@@H](C)S(=O)(=O)NC(=O)c2ccc3c(c2)N(C[C@@H]2CC[C@H]21)C[C@@]1(CCCc2cc(Cl)ccc21)CO3. The topological polar surface area (TPSA) is 91.4 Å². The van der Waals surface area contributed by atoms with Crippen LogP contribution in [0.15, 0.2) is 48.6 Å². The van der Waals surface area contributed by atoms with Gasteiger partial charge < -0.3 is 19.3 Å². The lowest BCUT2D eigenvalue weighted by atomic mass is 9.63. The van der Waals surface area contributed by atoms with Crippen molar-refractivity contribution in [2.24, 2.45) is 23.2 Å². The molecule has 9 nitrogen and oxygen atoms in total. The van der Waals surface area contributed by atoms with Crippen LogP contribution in [0.5, 0.6) is 5.75 Å². The minimum absolute atomic E-state index is 0.215. The second-order valence-corrected chi connectivity index (χ2v) is 20.8. The number of nitrogens with zero attached hydrogens (tertiary/aromatic N) is 3. The van der Waals surface area contributed by atoms with Gasteiger partial charge in [-0.25, -0.2) is 13.1 Å². The molecule has 7 rings (SSSR count). The van der Waals surface area contributed by atoms with E-state index in [0.717, 1.165) is 101 Å². The van der Waals surface area contributed by atoms with Crippen molar-refractivity contribution in [1.29, 1.82) is 0 Å². The minimum Gasteiger partial charge on any atom is -0.490 e. The maximum atomic E-state index is 13.7. The molecular weight excluding hydrogens is 720 g/mol. The van der Waals surface area contributed by atoms with E-state index >= 15 is 0 Å². The van der Waals surface area contributed by atoms with Gasteiger partial charge in [0.1, 0.15) is 11.4 Å². The fraction of sp³-hybridized carbons (Fsp3) is 0.651. The van der Waals surface area contributed by atoms with Crippen LogP contribution < -0.4 is 14.4 Å². The summed E-state index contributed by atoms with van der Waals surface area (Å²) in [5.41, 5.74) is 3.18. The van der Waals surface area contributed by atoms with Crippen molar-refractivity contribution in [1.82, 2.24) is 14.5 Å². The molecule has 5 aliphatic rings. The first kappa shape index (κ1) is 39.6. The van der Waals surface area contributed by atoms with E-state index in [4.69, 9.17) is 21.1 Å². The van der Waals surface area contributed by atoms with Gasteiger partial charge in [0.15, 0.2) is 0 Å². The summed E-state index contributed by atoms with van der Waals surface area (Å²) in [5.74, 6) is 0.502. The van der Waals surface area contributed by atoms with Crippen LogP contribution in [0, 0.1) is 23.2 Å². The van der Waals surface area contributed by atoms with E-state index in [9.17, 15) is 13.2 Å². The molecule has 0 unspecified atom stereocenters. The fourth-order valence-corrected chi connectivity index (χ4v) is 11.4. The van der Waals surface area contributed by atoms with Crippen LogP contribution in [0.4, 0.5) is 5.69 Å². The van der Waals surface area contributed by atoms with E-state index in [1.54, 1.807) is 13.0 Å². The van der Waals surface area contributed by atoms with Gasteiger partial charge in [-0.1, -0.05) is 57.5 Å². The third-order valence-corrected chi connectivity index (χ3v) is 15.4. The predicted octanol–water partition coefficient (Wildman–Crippen LogP) is 6.93. The highest BCUT2D eigenvalue weighted by Gasteiger charge is 2.50. The summed E-state index contributed by atoms with van der Waals surface area (Å²) in [5, 5.41) is -0.0245. The molecule has 6 atom stereocenters. The Morgan fingerprint density at radius 1 is 1.04 bits per heavy atom. The Kier molecular flexibility index (Phi) is 11.3. The molecule has 2 fully saturated rings. The standard InChI is InChI=1S/C43H61ClN4O5S/c1-30-9-7-18-43(52-6,28-47-21-19-46(20-22-47)26-41(3,4)5)37-14-11-34(37)25-48-27-42(17-8-10-32-23-35(44)13-15-36(32)42)29-53-39-16-12-33(24-38(39)48)40(49)45-54(50,51)31(30)2/h7,12-13,15-16,18,23-24,30-31,34,37H,8-11,14,17,19-22,25-29H2,1-6H3,(H,45,49)/b18-7+/t30-,31+,34-,37+,42-,43-/m0/s1. The molecule has 2 aliphatic carbocycles. The summed E-state index contributed by atoms with van der Waals surface area (Å²) in [6.07, 6.45) is 10.1. The van der Waals surface area contributed by atoms with Gasteiger partial charge >= 0.3 is 0 Å². The number of methoxy groups -OCH3 is 1. The fourth-order valence-electron chi connectivity index (χ4n) is 9.93. The first-order valence-electron chi connectivity index (χ1n) is 20.1. The molecule has 11 heteroatoms. The number of ether oxygens (including phenoxy) is 2. The maximum absolute atomic E-state index is 13.7. The number of piperazine rings is 1. The number of carbonyl (C=O) groups excluding carboxylic acids is 1. The molecular formula is C43H61ClN4O5S.